The Balaban J connectivity index is 1.91. The van der Waals surface area contributed by atoms with Crippen molar-refractivity contribution >= 4 is 39.2 Å². The van der Waals surface area contributed by atoms with Crippen molar-refractivity contribution in [2.45, 2.75) is 32.1 Å². The molecule has 2 heterocycles. The maximum Gasteiger partial charge on any atom is 0.406 e. The van der Waals surface area contributed by atoms with Crippen LogP contribution in [-0.4, -0.2) is 41.8 Å². The summed E-state index contributed by atoms with van der Waals surface area (Å²) >= 11 is 1.98. The minimum atomic E-state index is -4.22. The lowest BCUT2D eigenvalue weighted by Gasteiger charge is -2.36. The number of aromatic nitrogens is 1. The van der Waals surface area contributed by atoms with Crippen molar-refractivity contribution in [3.05, 3.63) is 28.0 Å². The van der Waals surface area contributed by atoms with E-state index in [1.165, 1.54) is 4.57 Å². The Kier molecular flexibility index (Phi) is 5.01. The summed E-state index contributed by atoms with van der Waals surface area (Å²) in [4.78, 5) is 2.31. The highest BCUT2D eigenvalue weighted by Gasteiger charge is 2.30. The first kappa shape index (κ1) is 17.8. The highest BCUT2D eigenvalue weighted by molar-refractivity contribution is 14.1. The number of piperidine rings is 1. The topological polar surface area (TPSA) is 20.2 Å². The van der Waals surface area contributed by atoms with E-state index in [1.54, 1.807) is 6.07 Å². The third kappa shape index (κ3) is 3.82. The Labute approximate surface area is 153 Å². The van der Waals surface area contributed by atoms with Crippen LogP contribution < -0.4 is 5.32 Å². The second kappa shape index (κ2) is 6.74. The van der Waals surface area contributed by atoms with Gasteiger partial charge in [-0.3, -0.25) is 0 Å². The molecule has 1 aliphatic heterocycles. The minimum absolute atomic E-state index is 0.343. The molecule has 1 aromatic heterocycles. The third-order valence-corrected chi connectivity index (χ3v) is 5.58. The van der Waals surface area contributed by atoms with Gasteiger partial charge in [0.05, 0.1) is 9.22 Å². The number of hydrogen-bond acceptors (Lipinski definition) is 2. The molecule has 1 saturated heterocycles. The number of rotatable bonds is 3. The van der Waals surface area contributed by atoms with E-state index in [1.807, 2.05) is 40.8 Å². The van der Waals surface area contributed by atoms with Crippen LogP contribution in [0.1, 0.15) is 13.3 Å². The summed E-state index contributed by atoms with van der Waals surface area (Å²) in [6.07, 6.45) is -3.19. The molecule has 2 atom stereocenters. The molecule has 132 valence electrons. The van der Waals surface area contributed by atoms with Gasteiger partial charge < -0.3 is 14.8 Å². The van der Waals surface area contributed by atoms with Crippen molar-refractivity contribution in [3.63, 3.8) is 0 Å². The molecule has 24 heavy (non-hydrogen) atoms. The van der Waals surface area contributed by atoms with Gasteiger partial charge in [0.25, 0.3) is 0 Å². The number of anilines is 1. The standard InChI is InChI=1S/C17H21F3IN3/c1-11-9-23(2)7-6-13(11)22-14-4-3-5-15-12(14)8-16(21)24(15)10-17(18,19)20/h3-5,8,11,13,22H,6-7,9-10H2,1-2H3/t11-,13+/m1/s1. The Morgan fingerprint density at radius 1 is 1.33 bits per heavy atom. The van der Waals surface area contributed by atoms with Gasteiger partial charge in [-0.2, -0.15) is 13.2 Å². The molecule has 0 aliphatic carbocycles. The summed E-state index contributed by atoms with van der Waals surface area (Å²) in [5.74, 6) is 0.496. The first-order valence-electron chi connectivity index (χ1n) is 8.04. The van der Waals surface area contributed by atoms with Crippen molar-refractivity contribution in [2.75, 3.05) is 25.5 Å². The number of likely N-dealkylation sites (tertiary alicyclic amines) is 1. The summed E-state index contributed by atoms with van der Waals surface area (Å²) in [6.45, 7) is 3.32. The predicted molar refractivity (Wildman–Crippen MR) is 99.4 cm³/mol. The number of nitrogens with one attached hydrogen (secondary N) is 1. The first-order valence-corrected chi connectivity index (χ1v) is 9.12. The van der Waals surface area contributed by atoms with Gasteiger partial charge in [-0.05, 0) is 66.7 Å². The molecule has 3 nitrogen and oxygen atoms in total. The number of halogens is 4. The summed E-state index contributed by atoms with van der Waals surface area (Å²) in [7, 11) is 2.12. The molecule has 1 fully saturated rings. The normalized spacial score (nSPS) is 22.9. The third-order valence-electron chi connectivity index (χ3n) is 4.68. The van der Waals surface area contributed by atoms with E-state index in [0.29, 0.717) is 21.2 Å². The molecule has 1 aromatic carbocycles. The Hall–Kier alpha value is -0.960. The van der Waals surface area contributed by atoms with Crippen LogP contribution in [0.15, 0.2) is 24.3 Å². The second-order valence-corrected chi connectivity index (χ2v) is 7.79. The fourth-order valence-electron chi connectivity index (χ4n) is 3.49. The molecule has 0 bridgehead atoms. The van der Waals surface area contributed by atoms with Gasteiger partial charge in [-0.15, -0.1) is 0 Å². The average molecular weight is 451 g/mol. The average Bonchev–Trinajstić information content (AvgIpc) is 2.78. The molecule has 0 unspecified atom stereocenters. The van der Waals surface area contributed by atoms with Gasteiger partial charge in [-0.25, -0.2) is 0 Å². The largest absolute Gasteiger partial charge is 0.406 e. The lowest BCUT2D eigenvalue weighted by molar-refractivity contribution is -0.140. The van der Waals surface area contributed by atoms with Crippen LogP contribution in [0, 0.1) is 9.62 Å². The van der Waals surface area contributed by atoms with Crippen molar-refractivity contribution in [1.29, 1.82) is 0 Å². The molecule has 3 rings (SSSR count). The molecule has 7 heteroatoms. The van der Waals surface area contributed by atoms with Crippen molar-refractivity contribution < 1.29 is 13.2 Å². The van der Waals surface area contributed by atoms with Crippen molar-refractivity contribution in [3.8, 4) is 0 Å². The predicted octanol–water partition coefficient (Wildman–Crippen LogP) is 4.56. The van der Waals surface area contributed by atoms with Gasteiger partial charge in [-0.1, -0.05) is 13.0 Å². The highest BCUT2D eigenvalue weighted by atomic mass is 127. The van der Waals surface area contributed by atoms with E-state index < -0.39 is 12.7 Å². The SMILES string of the molecule is C[C@@H]1CN(C)CC[C@@H]1Nc1cccc2c1cc(I)n2CC(F)(F)F. The van der Waals surface area contributed by atoms with Gasteiger partial charge in [0, 0.05) is 23.7 Å². The molecule has 2 aromatic rings. The van der Waals surface area contributed by atoms with Crippen LogP contribution in [0.5, 0.6) is 0 Å². The van der Waals surface area contributed by atoms with E-state index in [2.05, 4.69) is 24.2 Å². The van der Waals surface area contributed by atoms with Crippen LogP contribution in [-0.2, 0) is 6.54 Å². The minimum Gasteiger partial charge on any atom is -0.381 e. The fourth-order valence-corrected chi connectivity index (χ4v) is 4.23. The van der Waals surface area contributed by atoms with E-state index in [-0.39, 0.29) is 0 Å². The van der Waals surface area contributed by atoms with Crippen LogP contribution >= 0.6 is 22.6 Å². The molecular weight excluding hydrogens is 430 g/mol. The molecule has 1 aliphatic rings. The van der Waals surface area contributed by atoms with E-state index in [9.17, 15) is 13.2 Å². The second-order valence-electron chi connectivity index (χ2n) is 6.69. The summed E-state index contributed by atoms with van der Waals surface area (Å²) in [5, 5.41) is 4.43. The first-order chi connectivity index (χ1) is 11.2. The lowest BCUT2D eigenvalue weighted by atomic mass is 9.94. The zero-order valence-corrected chi connectivity index (χ0v) is 15.9. The number of benzene rings is 1. The van der Waals surface area contributed by atoms with E-state index in [0.717, 1.165) is 30.6 Å². The van der Waals surface area contributed by atoms with Crippen LogP contribution in [0.3, 0.4) is 0 Å². The number of fused-ring (bicyclic) bond motifs is 1. The monoisotopic (exact) mass is 451 g/mol. The molecule has 0 amide bonds. The van der Waals surface area contributed by atoms with Crippen molar-refractivity contribution in [1.82, 2.24) is 9.47 Å². The molecular formula is C17H21F3IN3. The Morgan fingerprint density at radius 2 is 2.08 bits per heavy atom. The Bertz CT molecular complexity index is 726. The van der Waals surface area contributed by atoms with Gasteiger partial charge >= 0.3 is 6.18 Å². The van der Waals surface area contributed by atoms with Crippen LogP contribution in [0.4, 0.5) is 18.9 Å². The summed E-state index contributed by atoms with van der Waals surface area (Å²) in [6, 6.07) is 7.72. The zero-order chi connectivity index (χ0) is 17.5. The van der Waals surface area contributed by atoms with Gasteiger partial charge in [0.1, 0.15) is 6.54 Å². The Morgan fingerprint density at radius 3 is 2.75 bits per heavy atom. The summed E-state index contributed by atoms with van der Waals surface area (Å²) < 4.78 is 40.5. The molecule has 0 spiro atoms. The smallest absolute Gasteiger partial charge is 0.381 e. The lowest BCUT2D eigenvalue weighted by Crippen LogP contribution is -2.43. The van der Waals surface area contributed by atoms with Gasteiger partial charge in [0.2, 0.25) is 0 Å². The molecule has 1 N–H and O–H groups in total. The van der Waals surface area contributed by atoms with Crippen molar-refractivity contribution in [2.24, 2.45) is 5.92 Å². The maximum atomic E-state index is 12.8. The van der Waals surface area contributed by atoms with Gasteiger partial charge in [0.15, 0.2) is 0 Å². The quantitative estimate of drug-likeness (QED) is 0.691. The zero-order valence-electron chi connectivity index (χ0n) is 13.7. The summed E-state index contributed by atoms with van der Waals surface area (Å²) in [5.41, 5.74) is 1.55. The highest BCUT2D eigenvalue weighted by Crippen LogP contribution is 2.32. The fraction of sp³-hybridized carbons (Fsp3) is 0.529. The van der Waals surface area contributed by atoms with E-state index >= 15 is 0 Å². The van der Waals surface area contributed by atoms with Crippen LogP contribution in [0.25, 0.3) is 10.9 Å². The maximum absolute atomic E-state index is 12.8. The molecule has 0 radical (unpaired) electrons. The number of nitrogens with zero attached hydrogens (tertiary/aromatic N) is 2. The number of hydrogen-bond donors (Lipinski definition) is 1. The van der Waals surface area contributed by atoms with E-state index in [4.69, 9.17) is 0 Å². The molecule has 0 saturated carbocycles. The number of alkyl halides is 3. The van der Waals surface area contributed by atoms with Crippen LogP contribution in [0.2, 0.25) is 0 Å².